The second kappa shape index (κ2) is 2.47. The Morgan fingerprint density at radius 2 is 1.82 bits per heavy atom. The maximum Gasteiger partial charge on any atom is 0.159 e. The smallest absolute Gasteiger partial charge is 0.159 e. The minimum atomic E-state index is -0.992. The molecule has 0 bridgehead atoms. The summed E-state index contributed by atoms with van der Waals surface area (Å²) in [5, 5.41) is 9.41. The maximum atomic E-state index is 9.41. The number of nitrogen functional groups attached to an aromatic ring is 1. The van der Waals surface area contributed by atoms with E-state index in [9.17, 15) is 5.11 Å². The summed E-state index contributed by atoms with van der Waals surface area (Å²) in [5.41, 5.74) is 4.87. The predicted octanol–water partition coefficient (Wildman–Crippen LogP) is 0.286. The summed E-state index contributed by atoms with van der Waals surface area (Å²) in [7, 11) is 0. The van der Waals surface area contributed by atoms with Crippen molar-refractivity contribution in [2.24, 2.45) is 0 Å². The quantitative estimate of drug-likeness (QED) is 0.608. The Hall–Kier alpha value is -1.16. The van der Waals surface area contributed by atoms with Crippen LogP contribution in [-0.2, 0) is 5.60 Å². The highest BCUT2D eigenvalue weighted by Crippen LogP contribution is 2.13. The molecule has 1 aromatic rings. The number of nitrogens with zero attached hydrogens (tertiary/aromatic N) is 2. The zero-order chi connectivity index (χ0) is 8.48. The van der Waals surface area contributed by atoms with Crippen LogP contribution in [0.3, 0.4) is 0 Å². The molecule has 0 aliphatic rings. The summed E-state index contributed by atoms with van der Waals surface area (Å²) in [6, 6.07) is 0. The van der Waals surface area contributed by atoms with Gasteiger partial charge < -0.3 is 10.8 Å². The lowest BCUT2D eigenvalue weighted by molar-refractivity contribution is 0.0687. The summed E-state index contributed by atoms with van der Waals surface area (Å²) in [5.74, 6) is 0.381. The second-order valence-electron chi connectivity index (χ2n) is 2.90. The molecule has 0 aliphatic carbocycles. The third kappa shape index (κ3) is 1.88. The Morgan fingerprint density at radius 1 is 1.36 bits per heavy atom. The SMILES string of the molecule is CC(C)(O)c1ncc(N)cn1. The van der Waals surface area contributed by atoms with Crippen LogP contribution in [0.5, 0.6) is 0 Å². The van der Waals surface area contributed by atoms with Crippen molar-refractivity contribution in [3.05, 3.63) is 18.2 Å². The Kier molecular flexibility index (Phi) is 1.78. The van der Waals surface area contributed by atoms with Gasteiger partial charge in [0, 0.05) is 0 Å². The summed E-state index contributed by atoms with van der Waals surface area (Å²) in [4.78, 5) is 7.73. The van der Waals surface area contributed by atoms with E-state index >= 15 is 0 Å². The molecule has 0 unspecified atom stereocenters. The number of aromatic nitrogens is 2. The Labute approximate surface area is 65.1 Å². The summed E-state index contributed by atoms with van der Waals surface area (Å²) in [6.45, 7) is 3.25. The molecule has 11 heavy (non-hydrogen) atoms. The van der Waals surface area contributed by atoms with E-state index in [1.807, 2.05) is 0 Å². The number of hydrogen-bond acceptors (Lipinski definition) is 4. The van der Waals surface area contributed by atoms with E-state index in [1.54, 1.807) is 13.8 Å². The first kappa shape index (κ1) is 7.94. The van der Waals surface area contributed by atoms with E-state index in [-0.39, 0.29) is 0 Å². The van der Waals surface area contributed by atoms with Crippen LogP contribution < -0.4 is 5.73 Å². The molecule has 0 saturated carbocycles. The van der Waals surface area contributed by atoms with Crippen molar-refractivity contribution in [3.8, 4) is 0 Å². The molecule has 1 heterocycles. The predicted molar refractivity (Wildman–Crippen MR) is 41.7 cm³/mol. The van der Waals surface area contributed by atoms with Gasteiger partial charge in [0.15, 0.2) is 5.82 Å². The average molecular weight is 153 g/mol. The molecule has 1 aromatic heterocycles. The normalized spacial score (nSPS) is 11.5. The summed E-state index contributed by atoms with van der Waals surface area (Å²) >= 11 is 0. The summed E-state index contributed by atoms with van der Waals surface area (Å²) < 4.78 is 0. The van der Waals surface area contributed by atoms with Crippen LogP contribution in [-0.4, -0.2) is 15.1 Å². The highest BCUT2D eigenvalue weighted by atomic mass is 16.3. The first-order valence-electron chi connectivity index (χ1n) is 3.30. The Morgan fingerprint density at radius 3 is 2.18 bits per heavy atom. The van der Waals surface area contributed by atoms with Gasteiger partial charge in [-0.15, -0.1) is 0 Å². The lowest BCUT2D eigenvalue weighted by Gasteiger charge is -2.14. The molecule has 0 spiro atoms. The van der Waals surface area contributed by atoms with Gasteiger partial charge in [-0.3, -0.25) is 0 Å². The number of aliphatic hydroxyl groups is 1. The van der Waals surface area contributed by atoms with Crippen LogP contribution in [0, 0.1) is 0 Å². The van der Waals surface area contributed by atoms with Crippen molar-refractivity contribution in [1.29, 1.82) is 0 Å². The van der Waals surface area contributed by atoms with E-state index in [0.29, 0.717) is 11.5 Å². The van der Waals surface area contributed by atoms with Crippen molar-refractivity contribution < 1.29 is 5.11 Å². The minimum absolute atomic E-state index is 0.381. The van der Waals surface area contributed by atoms with Crippen LogP contribution in [0.1, 0.15) is 19.7 Å². The fraction of sp³-hybridized carbons (Fsp3) is 0.429. The molecule has 0 amide bonds. The minimum Gasteiger partial charge on any atom is -0.396 e. The first-order chi connectivity index (χ1) is 5.00. The van der Waals surface area contributed by atoms with Gasteiger partial charge in [0.25, 0.3) is 0 Å². The number of rotatable bonds is 1. The average Bonchev–Trinajstić information content (AvgIpc) is 1.86. The molecule has 0 radical (unpaired) electrons. The third-order valence-corrected chi connectivity index (χ3v) is 1.22. The van der Waals surface area contributed by atoms with Gasteiger partial charge in [-0.2, -0.15) is 0 Å². The molecular formula is C7H11N3O. The van der Waals surface area contributed by atoms with E-state index in [0.717, 1.165) is 0 Å². The molecule has 0 atom stereocenters. The van der Waals surface area contributed by atoms with Gasteiger partial charge in [-0.25, -0.2) is 9.97 Å². The van der Waals surface area contributed by atoms with Crippen LogP contribution in [0.25, 0.3) is 0 Å². The summed E-state index contributed by atoms with van der Waals surface area (Å²) in [6.07, 6.45) is 2.95. The monoisotopic (exact) mass is 153 g/mol. The lowest BCUT2D eigenvalue weighted by atomic mass is 10.1. The lowest BCUT2D eigenvalue weighted by Crippen LogP contribution is -2.19. The van der Waals surface area contributed by atoms with Crippen LogP contribution in [0.4, 0.5) is 5.69 Å². The molecule has 3 N–H and O–H groups in total. The van der Waals surface area contributed by atoms with E-state index in [4.69, 9.17) is 5.73 Å². The molecule has 0 saturated heterocycles. The highest BCUT2D eigenvalue weighted by Gasteiger charge is 2.18. The van der Waals surface area contributed by atoms with Crippen molar-refractivity contribution in [2.75, 3.05) is 5.73 Å². The second-order valence-corrected chi connectivity index (χ2v) is 2.90. The molecule has 1 rings (SSSR count). The van der Waals surface area contributed by atoms with Crippen LogP contribution in [0.15, 0.2) is 12.4 Å². The highest BCUT2D eigenvalue weighted by molar-refractivity contribution is 5.30. The zero-order valence-corrected chi connectivity index (χ0v) is 6.57. The Balaban J connectivity index is 2.99. The van der Waals surface area contributed by atoms with Crippen molar-refractivity contribution in [3.63, 3.8) is 0 Å². The van der Waals surface area contributed by atoms with Crippen LogP contribution >= 0.6 is 0 Å². The fourth-order valence-corrected chi connectivity index (χ4v) is 0.654. The van der Waals surface area contributed by atoms with Crippen LogP contribution in [0.2, 0.25) is 0 Å². The van der Waals surface area contributed by atoms with Gasteiger partial charge in [-0.1, -0.05) is 0 Å². The van der Waals surface area contributed by atoms with Gasteiger partial charge in [0.2, 0.25) is 0 Å². The zero-order valence-electron chi connectivity index (χ0n) is 6.57. The van der Waals surface area contributed by atoms with Crippen molar-refractivity contribution >= 4 is 5.69 Å². The third-order valence-electron chi connectivity index (χ3n) is 1.22. The molecule has 4 heteroatoms. The number of anilines is 1. The largest absolute Gasteiger partial charge is 0.396 e. The van der Waals surface area contributed by atoms with E-state index < -0.39 is 5.60 Å². The molecule has 0 aromatic carbocycles. The molecule has 4 nitrogen and oxygen atoms in total. The standard InChI is InChI=1S/C7H11N3O/c1-7(2,11)6-9-3-5(8)4-10-6/h3-4,11H,8H2,1-2H3. The molecule has 0 fully saturated rings. The van der Waals surface area contributed by atoms with Gasteiger partial charge in [0.05, 0.1) is 18.1 Å². The number of nitrogens with two attached hydrogens (primary N) is 1. The van der Waals surface area contributed by atoms with E-state index in [1.165, 1.54) is 12.4 Å². The van der Waals surface area contributed by atoms with E-state index in [2.05, 4.69) is 9.97 Å². The Bertz CT molecular complexity index is 237. The van der Waals surface area contributed by atoms with Gasteiger partial charge in [-0.05, 0) is 13.8 Å². The molecular weight excluding hydrogens is 142 g/mol. The number of hydrogen-bond donors (Lipinski definition) is 2. The van der Waals surface area contributed by atoms with Crippen molar-refractivity contribution in [2.45, 2.75) is 19.4 Å². The topological polar surface area (TPSA) is 72.0 Å². The van der Waals surface area contributed by atoms with Gasteiger partial charge in [0.1, 0.15) is 5.60 Å². The maximum absolute atomic E-state index is 9.41. The van der Waals surface area contributed by atoms with Gasteiger partial charge >= 0.3 is 0 Å². The molecule has 0 aliphatic heterocycles. The fourth-order valence-electron chi connectivity index (χ4n) is 0.654. The van der Waals surface area contributed by atoms with Crippen molar-refractivity contribution in [1.82, 2.24) is 9.97 Å². The first-order valence-corrected chi connectivity index (χ1v) is 3.30. The molecule has 60 valence electrons.